The second-order valence-corrected chi connectivity index (χ2v) is 4.97. The van der Waals surface area contributed by atoms with Gasteiger partial charge in [-0.3, -0.25) is 0 Å². The molecule has 1 N–H and O–H groups in total. The Morgan fingerprint density at radius 2 is 2.44 bits per heavy atom. The minimum Gasteiger partial charge on any atom is -0.311 e. The third-order valence-corrected chi connectivity index (χ3v) is 3.44. The van der Waals surface area contributed by atoms with E-state index < -0.39 is 0 Å². The third-order valence-electron chi connectivity index (χ3n) is 3.44. The van der Waals surface area contributed by atoms with Gasteiger partial charge in [-0.1, -0.05) is 6.07 Å². The summed E-state index contributed by atoms with van der Waals surface area (Å²) < 4.78 is 2.09. The fraction of sp³-hybridized carbons (Fsp3) is 0.462. The zero-order valence-electron chi connectivity index (χ0n) is 9.61. The smallest absolute Gasteiger partial charge is 0.136 e. The van der Waals surface area contributed by atoms with Crippen LogP contribution in [-0.2, 0) is 6.42 Å². The van der Waals surface area contributed by atoms with Crippen molar-refractivity contribution in [3.8, 4) is 0 Å². The topological polar surface area (TPSA) is 29.3 Å². The zero-order valence-corrected chi connectivity index (χ0v) is 9.61. The Hall–Kier alpha value is -1.35. The van der Waals surface area contributed by atoms with E-state index in [1.165, 1.54) is 18.5 Å². The quantitative estimate of drug-likeness (QED) is 0.830. The largest absolute Gasteiger partial charge is 0.311 e. The molecule has 3 nitrogen and oxygen atoms in total. The predicted octanol–water partition coefficient (Wildman–Crippen LogP) is 2.02. The molecule has 0 aromatic carbocycles. The number of hydrogen-bond acceptors (Lipinski definition) is 2. The molecule has 1 unspecified atom stereocenters. The Balaban J connectivity index is 1.89. The van der Waals surface area contributed by atoms with E-state index in [9.17, 15) is 0 Å². The summed E-state index contributed by atoms with van der Waals surface area (Å²) in [5.41, 5.74) is 2.47. The summed E-state index contributed by atoms with van der Waals surface area (Å²) in [4.78, 5) is 4.64. The van der Waals surface area contributed by atoms with Crippen LogP contribution in [0.5, 0.6) is 0 Å². The lowest BCUT2D eigenvalue weighted by Gasteiger charge is -2.22. The lowest BCUT2D eigenvalue weighted by Crippen LogP contribution is -2.38. The van der Waals surface area contributed by atoms with Gasteiger partial charge in [-0.05, 0) is 38.4 Å². The van der Waals surface area contributed by atoms with Crippen LogP contribution in [0.3, 0.4) is 0 Å². The van der Waals surface area contributed by atoms with E-state index in [2.05, 4.69) is 34.0 Å². The number of nitrogens with zero attached hydrogens (tertiary/aromatic N) is 2. The first-order valence-corrected chi connectivity index (χ1v) is 5.93. The first-order valence-electron chi connectivity index (χ1n) is 5.93. The molecular formula is C13H17N3. The van der Waals surface area contributed by atoms with Crippen LogP contribution in [0.1, 0.15) is 25.5 Å². The summed E-state index contributed by atoms with van der Waals surface area (Å²) in [6.45, 7) is 3.44. The first-order chi connectivity index (χ1) is 7.75. The fourth-order valence-electron chi connectivity index (χ4n) is 2.58. The molecule has 84 valence electrons. The molecular weight excluding hydrogens is 198 g/mol. The van der Waals surface area contributed by atoms with Crippen molar-refractivity contribution >= 4 is 5.65 Å². The highest BCUT2D eigenvalue weighted by molar-refractivity contribution is 5.39. The van der Waals surface area contributed by atoms with Crippen molar-refractivity contribution in [2.24, 2.45) is 0 Å². The third kappa shape index (κ3) is 1.71. The molecule has 0 spiro atoms. The summed E-state index contributed by atoms with van der Waals surface area (Å²) in [6, 6.07) is 6.11. The number of pyridine rings is 1. The monoisotopic (exact) mass is 215 g/mol. The van der Waals surface area contributed by atoms with Gasteiger partial charge >= 0.3 is 0 Å². The Morgan fingerprint density at radius 3 is 3.19 bits per heavy atom. The van der Waals surface area contributed by atoms with E-state index in [1.54, 1.807) is 0 Å². The van der Waals surface area contributed by atoms with Gasteiger partial charge in [0, 0.05) is 24.4 Å². The molecule has 0 saturated carbocycles. The first kappa shape index (κ1) is 9.85. The highest BCUT2D eigenvalue weighted by atomic mass is 15.0. The van der Waals surface area contributed by atoms with Gasteiger partial charge in [0.25, 0.3) is 0 Å². The molecule has 3 rings (SSSR count). The normalized spacial score (nSPS) is 25.3. The van der Waals surface area contributed by atoms with Crippen LogP contribution in [0.25, 0.3) is 5.65 Å². The van der Waals surface area contributed by atoms with Crippen LogP contribution >= 0.6 is 0 Å². The summed E-state index contributed by atoms with van der Waals surface area (Å²) in [6.07, 6.45) is 7.75. The number of aromatic nitrogens is 2. The van der Waals surface area contributed by atoms with E-state index in [-0.39, 0.29) is 5.54 Å². The fourth-order valence-corrected chi connectivity index (χ4v) is 2.58. The molecule has 0 aliphatic carbocycles. The van der Waals surface area contributed by atoms with Crippen molar-refractivity contribution < 1.29 is 0 Å². The van der Waals surface area contributed by atoms with Gasteiger partial charge < -0.3 is 9.72 Å². The van der Waals surface area contributed by atoms with Gasteiger partial charge in [0.05, 0.1) is 5.69 Å². The standard InChI is InChI=1S/C13H17N3/c1-13(6-4-7-14-13)9-11-10-16-8-3-2-5-12(16)15-11/h2-3,5,8,10,14H,4,6-7,9H2,1H3. The summed E-state index contributed by atoms with van der Waals surface area (Å²) in [5, 5.41) is 3.58. The molecule has 1 atom stereocenters. The molecule has 0 bridgehead atoms. The Bertz CT molecular complexity index is 462. The SMILES string of the molecule is CC1(Cc2cn3ccccc3n2)CCCN1. The number of hydrogen-bond donors (Lipinski definition) is 1. The van der Waals surface area contributed by atoms with Crippen molar-refractivity contribution in [1.82, 2.24) is 14.7 Å². The van der Waals surface area contributed by atoms with Crippen LogP contribution in [0.2, 0.25) is 0 Å². The van der Waals surface area contributed by atoms with E-state index in [0.717, 1.165) is 18.6 Å². The molecule has 0 amide bonds. The van der Waals surface area contributed by atoms with Crippen molar-refractivity contribution in [3.63, 3.8) is 0 Å². The molecule has 1 aliphatic rings. The predicted molar refractivity (Wildman–Crippen MR) is 64.5 cm³/mol. The molecule has 16 heavy (non-hydrogen) atoms. The summed E-state index contributed by atoms with van der Waals surface area (Å²) >= 11 is 0. The van der Waals surface area contributed by atoms with E-state index >= 15 is 0 Å². The maximum absolute atomic E-state index is 4.64. The molecule has 3 heteroatoms. The van der Waals surface area contributed by atoms with Crippen LogP contribution in [0, 0.1) is 0 Å². The Kier molecular flexibility index (Phi) is 2.21. The molecule has 2 aromatic heterocycles. The minimum absolute atomic E-state index is 0.248. The molecule has 2 aromatic rings. The van der Waals surface area contributed by atoms with Crippen molar-refractivity contribution in [2.45, 2.75) is 31.7 Å². The van der Waals surface area contributed by atoms with E-state index in [1.807, 2.05) is 18.2 Å². The average molecular weight is 215 g/mol. The molecule has 3 heterocycles. The molecule has 1 saturated heterocycles. The highest BCUT2D eigenvalue weighted by Crippen LogP contribution is 2.23. The zero-order chi connectivity index (χ0) is 11.0. The second-order valence-electron chi connectivity index (χ2n) is 4.97. The maximum Gasteiger partial charge on any atom is 0.136 e. The van der Waals surface area contributed by atoms with Crippen LogP contribution in [-0.4, -0.2) is 21.5 Å². The van der Waals surface area contributed by atoms with Gasteiger partial charge in [0.15, 0.2) is 0 Å². The van der Waals surface area contributed by atoms with Crippen molar-refractivity contribution in [2.75, 3.05) is 6.54 Å². The number of rotatable bonds is 2. The van der Waals surface area contributed by atoms with E-state index in [4.69, 9.17) is 0 Å². The Morgan fingerprint density at radius 1 is 1.50 bits per heavy atom. The average Bonchev–Trinajstić information content (AvgIpc) is 2.84. The number of fused-ring (bicyclic) bond motifs is 1. The van der Waals surface area contributed by atoms with Crippen LogP contribution in [0.15, 0.2) is 30.6 Å². The lowest BCUT2D eigenvalue weighted by molar-refractivity contribution is 0.409. The number of nitrogens with one attached hydrogen (secondary N) is 1. The van der Waals surface area contributed by atoms with Crippen LogP contribution < -0.4 is 5.32 Å². The molecule has 1 fully saturated rings. The van der Waals surface area contributed by atoms with Gasteiger partial charge in [-0.25, -0.2) is 4.98 Å². The van der Waals surface area contributed by atoms with Gasteiger partial charge in [0.1, 0.15) is 5.65 Å². The summed E-state index contributed by atoms with van der Waals surface area (Å²) in [7, 11) is 0. The number of imidazole rings is 1. The van der Waals surface area contributed by atoms with Crippen LogP contribution in [0.4, 0.5) is 0 Å². The van der Waals surface area contributed by atoms with Crippen molar-refractivity contribution in [1.29, 1.82) is 0 Å². The van der Waals surface area contributed by atoms with Gasteiger partial charge in [-0.2, -0.15) is 0 Å². The lowest BCUT2D eigenvalue weighted by atomic mass is 9.94. The van der Waals surface area contributed by atoms with Gasteiger partial charge in [-0.15, -0.1) is 0 Å². The molecule has 1 aliphatic heterocycles. The maximum atomic E-state index is 4.64. The van der Waals surface area contributed by atoms with E-state index in [0.29, 0.717) is 0 Å². The molecule has 0 radical (unpaired) electrons. The Labute approximate surface area is 95.5 Å². The summed E-state index contributed by atoms with van der Waals surface area (Å²) in [5.74, 6) is 0. The van der Waals surface area contributed by atoms with Crippen molar-refractivity contribution in [3.05, 3.63) is 36.3 Å². The highest BCUT2D eigenvalue weighted by Gasteiger charge is 2.28. The minimum atomic E-state index is 0.248. The van der Waals surface area contributed by atoms with Gasteiger partial charge in [0.2, 0.25) is 0 Å². The second kappa shape index (κ2) is 3.59.